The molecule has 1 aromatic heterocycles. The van der Waals surface area contributed by atoms with Crippen molar-refractivity contribution in [3.8, 4) is 55.8 Å². The highest BCUT2D eigenvalue weighted by atomic mass is 16.3. The molecule has 0 aliphatic carbocycles. The second-order valence-corrected chi connectivity index (χ2v) is 10.4. The molecule has 9 aromatic rings. The highest BCUT2D eigenvalue weighted by molar-refractivity contribution is 6.25. The maximum atomic E-state index is 9.70. The van der Waals surface area contributed by atoms with Gasteiger partial charge in [0.25, 0.3) is 0 Å². The molecular weight excluding hydrogens is 569 g/mol. The zero-order chi connectivity index (χ0) is 50.3. The van der Waals surface area contributed by atoms with Crippen LogP contribution in [0.15, 0.2) is 186 Å². The summed E-state index contributed by atoms with van der Waals surface area (Å²) in [5.41, 5.74) is -2.94. The van der Waals surface area contributed by atoms with Crippen molar-refractivity contribution in [3.05, 3.63) is 181 Å². The fraction of sp³-hybridized carbons (Fsp3) is 0. The Bertz CT molecular complexity index is 3670. The molecule has 0 aliphatic heterocycles. The summed E-state index contributed by atoms with van der Waals surface area (Å²) >= 11 is 0. The Morgan fingerprint density at radius 2 is 0.894 bits per heavy atom. The minimum absolute atomic E-state index is 0.0182. The molecule has 0 saturated carbocycles. The summed E-state index contributed by atoms with van der Waals surface area (Å²) in [6.07, 6.45) is 0. The van der Waals surface area contributed by atoms with Crippen LogP contribution in [-0.2, 0) is 0 Å². The van der Waals surface area contributed by atoms with Crippen molar-refractivity contribution in [3.63, 3.8) is 0 Å². The molecule has 220 valence electrons. The first-order chi connectivity index (χ1) is 32.5. The van der Waals surface area contributed by atoms with Crippen LogP contribution in [0.5, 0.6) is 0 Å². The van der Waals surface area contributed by atoms with E-state index < -0.39 is 155 Å². The van der Waals surface area contributed by atoms with Crippen molar-refractivity contribution in [1.29, 1.82) is 0 Å². The average Bonchev–Trinajstić information content (AvgIpc) is 3.71. The second-order valence-electron chi connectivity index (χ2n) is 10.4. The van der Waals surface area contributed by atoms with Crippen LogP contribution in [0.2, 0.25) is 0 Å². The molecule has 47 heavy (non-hydrogen) atoms. The third-order valence-electron chi connectivity index (χ3n) is 7.77. The van der Waals surface area contributed by atoms with E-state index in [1.807, 2.05) is 0 Å². The number of rotatable bonds is 5. The molecule has 1 heteroatoms. The molecule has 0 N–H and O–H groups in total. The van der Waals surface area contributed by atoms with Crippen molar-refractivity contribution >= 4 is 32.5 Å². The molecule has 0 aliphatic rings. The Balaban J connectivity index is 1.61. The van der Waals surface area contributed by atoms with Gasteiger partial charge in [0.1, 0.15) is 11.3 Å². The number of hydrogen-bond donors (Lipinski definition) is 0. The molecule has 1 heterocycles. The van der Waals surface area contributed by atoms with Crippen LogP contribution in [0, 0.1) is 0 Å². The smallest absolute Gasteiger partial charge is 0.143 e. The summed E-state index contributed by atoms with van der Waals surface area (Å²) in [5.74, 6) is -0.574. The highest BCUT2D eigenvalue weighted by Gasteiger charge is 2.24. The normalized spacial score (nSPS) is 18.0. The van der Waals surface area contributed by atoms with Crippen molar-refractivity contribution in [2.45, 2.75) is 0 Å². The number of benzene rings is 8. The lowest BCUT2D eigenvalue weighted by Gasteiger charge is -2.18. The Labute approximate surface area is 304 Å². The molecule has 0 radical (unpaired) electrons. The lowest BCUT2D eigenvalue weighted by atomic mass is 9.84. The molecular formula is C46H30O. The van der Waals surface area contributed by atoms with Gasteiger partial charge in [0.2, 0.25) is 0 Å². The largest absolute Gasteiger partial charge is 0.455 e. The van der Waals surface area contributed by atoms with E-state index in [0.717, 1.165) is 0 Å². The molecule has 9 rings (SSSR count). The van der Waals surface area contributed by atoms with E-state index >= 15 is 0 Å². The van der Waals surface area contributed by atoms with Crippen LogP contribution in [0.3, 0.4) is 0 Å². The van der Waals surface area contributed by atoms with Crippen LogP contribution < -0.4 is 0 Å². The fourth-order valence-corrected chi connectivity index (χ4v) is 5.80. The number of fused-ring (bicyclic) bond motifs is 3. The summed E-state index contributed by atoms with van der Waals surface area (Å²) in [7, 11) is 0. The Kier molecular flexibility index (Phi) is 3.11. The van der Waals surface area contributed by atoms with E-state index in [4.69, 9.17) is 26.3 Å². The molecule has 0 unspecified atom stereocenters. The topological polar surface area (TPSA) is 13.1 Å². The maximum absolute atomic E-state index is 9.70. The number of furan rings is 1. The van der Waals surface area contributed by atoms with E-state index in [-0.39, 0.29) is 65.9 Å². The summed E-state index contributed by atoms with van der Waals surface area (Å²) in [5, 5.41) is -1.28. The van der Waals surface area contributed by atoms with Gasteiger partial charge in [-0.1, -0.05) is 163 Å². The number of hydrogen-bond acceptors (Lipinski definition) is 1. The van der Waals surface area contributed by atoms with Crippen LogP contribution in [0.1, 0.15) is 30.2 Å². The maximum Gasteiger partial charge on any atom is 0.143 e. The predicted octanol–water partition coefficient (Wildman–Crippen LogP) is 13.1. The van der Waals surface area contributed by atoms with Crippen molar-refractivity contribution < 1.29 is 34.6 Å². The molecule has 0 amide bonds. The first-order valence-electron chi connectivity index (χ1n) is 25.3. The monoisotopic (exact) mass is 620 g/mol. The zero-order valence-electron chi connectivity index (χ0n) is 46.0. The van der Waals surface area contributed by atoms with Gasteiger partial charge >= 0.3 is 0 Å². The van der Waals surface area contributed by atoms with Gasteiger partial charge in [-0.25, -0.2) is 0 Å². The molecule has 1 nitrogen and oxygen atoms in total. The minimum Gasteiger partial charge on any atom is -0.455 e. The summed E-state index contributed by atoms with van der Waals surface area (Å²) in [6, 6.07) is -4.65. The molecule has 0 bridgehead atoms. The van der Waals surface area contributed by atoms with Crippen LogP contribution in [0.4, 0.5) is 0 Å². The molecule has 0 saturated heterocycles. The minimum atomic E-state index is -0.910. The third-order valence-corrected chi connectivity index (χ3v) is 7.77. The molecule has 0 fully saturated rings. The van der Waals surface area contributed by atoms with E-state index in [9.17, 15) is 8.22 Å². The van der Waals surface area contributed by atoms with Crippen LogP contribution in [-0.4, -0.2) is 0 Å². The van der Waals surface area contributed by atoms with Crippen LogP contribution in [0.25, 0.3) is 88.3 Å². The standard InChI is InChI=1S/C46H30O/c1-4-15-31(16-5-1)34-21-14-22-36(29-34)46-45(41-30-35(27-28-42(41)47-46)32-17-6-2-7-18-32)44-39-25-12-10-23-37(39)43(33-19-8-3-9-20-33)38-24-11-13-26-40(38)44/h1-30H/i1D,2D,4D,5D,6D,7D,10D,11D,12D,13D,14D,15D,16D,17D,18D,21D,22D,23D,24D,25D,26D,29D. The molecule has 8 aromatic carbocycles. The Hall–Kier alpha value is -6.18. The van der Waals surface area contributed by atoms with Gasteiger partial charge in [0, 0.05) is 22.1 Å². The van der Waals surface area contributed by atoms with E-state index in [1.165, 1.54) is 18.2 Å². The first-order valence-corrected chi connectivity index (χ1v) is 14.3. The quantitative estimate of drug-likeness (QED) is 0.174. The van der Waals surface area contributed by atoms with Crippen molar-refractivity contribution in [2.75, 3.05) is 0 Å². The lowest BCUT2D eigenvalue weighted by molar-refractivity contribution is 0.632. The van der Waals surface area contributed by atoms with Crippen molar-refractivity contribution in [2.24, 2.45) is 0 Å². The van der Waals surface area contributed by atoms with Gasteiger partial charge in [-0.15, -0.1) is 0 Å². The summed E-state index contributed by atoms with van der Waals surface area (Å²) in [4.78, 5) is 0. The van der Waals surface area contributed by atoms with E-state index in [2.05, 4.69) is 0 Å². The predicted molar refractivity (Wildman–Crippen MR) is 198 cm³/mol. The summed E-state index contributed by atoms with van der Waals surface area (Å²) < 4.78 is 202. The van der Waals surface area contributed by atoms with E-state index in [0.29, 0.717) is 0 Å². The Morgan fingerprint density at radius 1 is 0.362 bits per heavy atom. The van der Waals surface area contributed by atoms with Crippen LogP contribution >= 0.6 is 0 Å². The zero-order valence-corrected chi connectivity index (χ0v) is 24.0. The Morgan fingerprint density at radius 3 is 1.53 bits per heavy atom. The van der Waals surface area contributed by atoms with Gasteiger partial charge in [-0.2, -0.15) is 0 Å². The lowest BCUT2D eigenvalue weighted by Crippen LogP contribution is -1.91. The summed E-state index contributed by atoms with van der Waals surface area (Å²) in [6.45, 7) is 0. The second kappa shape index (κ2) is 11.3. The molecule has 0 atom stereocenters. The van der Waals surface area contributed by atoms with Gasteiger partial charge in [-0.3, -0.25) is 0 Å². The fourth-order valence-electron chi connectivity index (χ4n) is 5.80. The van der Waals surface area contributed by atoms with Gasteiger partial charge in [0.05, 0.1) is 30.2 Å². The highest BCUT2D eigenvalue weighted by Crippen LogP contribution is 2.50. The third kappa shape index (κ3) is 4.64. The molecule has 0 spiro atoms. The van der Waals surface area contributed by atoms with Gasteiger partial charge in [0.15, 0.2) is 0 Å². The van der Waals surface area contributed by atoms with Crippen molar-refractivity contribution in [1.82, 2.24) is 0 Å². The first kappa shape index (κ1) is 12.9. The van der Waals surface area contributed by atoms with Gasteiger partial charge < -0.3 is 4.42 Å². The van der Waals surface area contributed by atoms with E-state index in [1.54, 1.807) is 30.3 Å². The average molecular weight is 621 g/mol. The van der Waals surface area contributed by atoms with Gasteiger partial charge in [-0.05, 0) is 73.1 Å². The SMILES string of the molecule is [2H]c1c([2H])c([2H])c(-c2ccc3oc(-c4c([2H])c([2H])c([2H])c(-c5c([2H])c([2H])c([2H])c([2H])c5[2H])c4[2H])c(-c4c5c([2H])c([2H])c([2H])c([2H])c5c(-c5ccccc5)c5c([2H])c([2H])c([2H])c([2H])c45)c3c2)c([2H])c1[2H].